The number of anilines is 2. The van der Waals surface area contributed by atoms with E-state index in [1.165, 1.54) is 62.7 Å². The van der Waals surface area contributed by atoms with E-state index in [9.17, 15) is 4.79 Å². The van der Waals surface area contributed by atoms with Gasteiger partial charge in [-0.2, -0.15) is 0 Å². The van der Waals surface area contributed by atoms with Gasteiger partial charge in [-0.15, -0.1) is 11.3 Å². The van der Waals surface area contributed by atoms with Crippen LogP contribution in [0.3, 0.4) is 0 Å². The van der Waals surface area contributed by atoms with E-state index < -0.39 is 0 Å². The number of pyridine rings is 1. The molecule has 8 heteroatoms. The molecule has 1 aliphatic carbocycles. The average Bonchev–Trinajstić information content (AvgIpc) is 3.43. The van der Waals surface area contributed by atoms with Crippen LogP contribution in [0.2, 0.25) is 0 Å². The zero-order chi connectivity index (χ0) is 21.6. The van der Waals surface area contributed by atoms with Gasteiger partial charge in [-0.1, -0.05) is 25.7 Å². The minimum Gasteiger partial charge on any atom is -0.373 e. The number of nitrogens with one attached hydrogen (secondary N) is 3. The highest BCUT2D eigenvalue weighted by atomic mass is 32.1. The van der Waals surface area contributed by atoms with Crippen LogP contribution in [-0.2, 0) is 0 Å². The largest absolute Gasteiger partial charge is 0.373 e. The summed E-state index contributed by atoms with van der Waals surface area (Å²) < 4.78 is 0. The van der Waals surface area contributed by atoms with E-state index in [2.05, 4.69) is 20.5 Å². The lowest BCUT2D eigenvalue weighted by Crippen LogP contribution is -2.28. The monoisotopic (exact) mass is 440 g/mol. The van der Waals surface area contributed by atoms with Crippen molar-refractivity contribution >= 4 is 34.6 Å². The van der Waals surface area contributed by atoms with Crippen molar-refractivity contribution in [2.24, 2.45) is 5.92 Å². The van der Waals surface area contributed by atoms with E-state index in [0.717, 1.165) is 31.0 Å². The summed E-state index contributed by atoms with van der Waals surface area (Å²) in [5.41, 5.74) is 1.06. The summed E-state index contributed by atoms with van der Waals surface area (Å²) in [6.45, 7) is 2.78. The first-order valence-corrected chi connectivity index (χ1v) is 12.2. The fourth-order valence-corrected chi connectivity index (χ4v) is 5.27. The SMILES string of the molecule is CNc1nc(N2CCCCCC2)ccc1C(=N)c1cnc(C(=O)NCC2CCCC2)s1. The van der Waals surface area contributed by atoms with Crippen molar-refractivity contribution in [2.45, 2.75) is 51.4 Å². The molecule has 7 nitrogen and oxygen atoms in total. The van der Waals surface area contributed by atoms with Crippen molar-refractivity contribution in [1.82, 2.24) is 15.3 Å². The molecule has 2 aromatic rings. The lowest BCUT2D eigenvalue weighted by Gasteiger charge is -2.22. The third kappa shape index (κ3) is 5.23. The molecule has 1 saturated carbocycles. The Morgan fingerprint density at radius 2 is 1.90 bits per heavy atom. The Hall–Kier alpha value is -2.48. The third-order valence-electron chi connectivity index (χ3n) is 6.29. The number of hydrogen-bond donors (Lipinski definition) is 3. The molecular formula is C23H32N6OS. The summed E-state index contributed by atoms with van der Waals surface area (Å²) in [6.07, 6.45) is 11.5. The minimum atomic E-state index is -0.139. The zero-order valence-corrected chi connectivity index (χ0v) is 19.1. The third-order valence-corrected chi connectivity index (χ3v) is 7.30. The Bertz CT molecular complexity index is 913. The second-order valence-electron chi connectivity index (χ2n) is 8.48. The number of thiazole rings is 1. The fourth-order valence-electron chi connectivity index (χ4n) is 4.47. The molecule has 166 valence electrons. The van der Waals surface area contributed by atoms with Crippen LogP contribution in [0.25, 0.3) is 0 Å². The molecule has 31 heavy (non-hydrogen) atoms. The second-order valence-corrected chi connectivity index (χ2v) is 9.51. The predicted octanol–water partition coefficient (Wildman–Crippen LogP) is 4.30. The highest BCUT2D eigenvalue weighted by molar-refractivity contribution is 7.15. The van der Waals surface area contributed by atoms with E-state index in [0.29, 0.717) is 27.3 Å². The number of carbonyl (C=O) groups is 1. The normalized spacial score (nSPS) is 17.4. The molecule has 3 N–H and O–H groups in total. The molecule has 0 unspecified atom stereocenters. The molecule has 4 rings (SSSR count). The molecule has 1 amide bonds. The first kappa shape index (κ1) is 21.7. The minimum absolute atomic E-state index is 0.139. The van der Waals surface area contributed by atoms with Gasteiger partial charge in [0, 0.05) is 38.4 Å². The molecule has 2 aliphatic rings. The van der Waals surface area contributed by atoms with Gasteiger partial charge in [0.05, 0.1) is 10.6 Å². The van der Waals surface area contributed by atoms with Crippen molar-refractivity contribution in [3.8, 4) is 0 Å². The predicted molar refractivity (Wildman–Crippen MR) is 127 cm³/mol. The maximum absolute atomic E-state index is 12.5. The van der Waals surface area contributed by atoms with Gasteiger partial charge in [-0.05, 0) is 43.7 Å². The van der Waals surface area contributed by atoms with E-state index in [4.69, 9.17) is 10.4 Å². The van der Waals surface area contributed by atoms with Crippen LogP contribution in [-0.4, -0.2) is 48.3 Å². The molecule has 1 aliphatic heterocycles. The van der Waals surface area contributed by atoms with Crippen molar-refractivity contribution in [3.63, 3.8) is 0 Å². The standard InChI is InChI=1S/C23H32N6OS/c1-25-21-17(10-11-19(28-21)29-12-6-2-3-7-13-29)20(24)18-15-27-23(31-18)22(30)26-14-16-8-4-5-9-16/h10-11,15-16,24H,2-9,12-14H2,1H3,(H,25,28)(H,26,30). The first-order chi connectivity index (χ1) is 15.2. The van der Waals surface area contributed by atoms with Crippen LogP contribution in [0, 0.1) is 11.3 Å². The van der Waals surface area contributed by atoms with Gasteiger partial charge in [-0.25, -0.2) is 9.97 Å². The molecule has 1 saturated heterocycles. The van der Waals surface area contributed by atoms with E-state index >= 15 is 0 Å². The molecule has 2 aromatic heterocycles. The van der Waals surface area contributed by atoms with Crippen molar-refractivity contribution in [3.05, 3.63) is 33.8 Å². The van der Waals surface area contributed by atoms with Crippen LogP contribution in [0.5, 0.6) is 0 Å². The second kappa shape index (κ2) is 10.2. The lowest BCUT2D eigenvalue weighted by atomic mass is 10.1. The summed E-state index contributed by atoms with van der Waals surface area (Å²) >= 11 is 1.27. The smallest absolute Gasteiger partial charge is 0.280 e. The summed E-state index contributed by atoms with van der Waals surface area (Å²) in [7, 11) is 1.83. The number of rotatable bonds is 7. The fraction of sp³-hybridized carbons (Fsp3) is 0.565. The number of hydrogen-bond acceptors (Lipinski definition) is 7. The van der Waals surface area contributed by atoms with Crippen LogP contribution in [0.15, 0.2) is 18.3 Å². The summed E-state index contributed by atoms with van der Waals surface area (Å²) in [5, 5.41) is 15.3. The topological polar surface area (TPSA) is 94.0 Å². The first-order valence-electron chi connectivity index (χ1n) is 11.4. The van der Waals surface area contributed by atoms with Gasteiger partial charge >= 0.3 is 0 Å². The number of amides is 1. The molecule has 2 fully saturated rings. The number of aromatic nitrogens is 2. The van der Waals surface area contributed by atoms with Crippen molar-refractivity contribution < 1.29 is 4.79 Å². The Morgan fingerprint density at radius 1 is 1.16 bits per heavy atom. The number of carbonyl (C=O) groups excluding carboxylic acids is 1. The Kier molecular flexibility index (Phi) is 7.17. The zero-order valence-electron chi connectivity index (χ0n) is 18.2. The van der Waals surface area contributed by atoms with Gasteiger partial charge in [-0.3, -0.25) is 10.2 Å². The number of nitrogens with zero attached hydrogens (tertiary/aromatic N) is 3. The van der Waals surface area contributed by atoms with E-state index in [1.807, 2.05) is 19.2 Å². The average molecular weight is 441 g/mol. The highest BCUT2D eigenvalue weighted by Crippen LogP contribution is 2.26. The van der Waals surface area contributed by atoms with Gasteiger partial charge in [0.1, 0.15) is 11.6 Å². The van der Waals surface area contributed by atoms with Gasteiger partial charge in [0.2, 0.25) is 0 Å². The molecule has 0 atom stereocenters. The Labute approximate surface area is 188 Å². The van der Waals surface area contributed by atoms with Crippen LogP contribution < -0.4 is 15.5 Å². The maximum atomic E-state index is 12.5. The summed E-state index contributed by atoms with van der Waals surface area (Å²) in [6, 6.07) is 3.97. The van der Waals surface area contributed by atoms with Crippen LogP contribution in [0.4, 0.5) is 11.6 Å². The molecule has 0 spiro atoms. The van der Waals surface area contributed by atoms with Crippen LogP contribution >= 0.6 is 11.3 Å². The summed E-state index contributed by atoms with van der Waals surface area (Å²) in [5.74, 6) is 2.10. The summed E-state index contributed by atoms with van der Waals surface area (Å²) in [4.78, 5) is 24.6. The van der Waals surface area contributed by atoms with Gasteiger partial charge in [0.25, 0.3) is 5.91 Å². The molecular weight excluding hydrogens is 408 g/mol. The highest BCUT2D eigenvalue weighted by Gasteiger charge is 2.20. The van der Waals surface area contributed by atoms with E-state index in [-0.39, 0.29) is 5.91 Å². The maximum Gasteiger partial charge on any atom is 0.280 e. The lowest BCUT2D eigenvalue weighted by molar-refractivity contribution is 0.0947. The molecule has 3 heterocycles. The molecule has 0 bridgehead atoms. The Balaban J connectivity index is 1.45. The van der Waals surface area contributed by atoms with Crippen LogP contribution in [0.1, 0.15) is 71.6 Å². The van der Waals surface area contributed by atoms with Gasteiger partial charge in [0.15, 0.2) is 5.01 Å². The quantitative estimate of drug-likeness (QED) is 0.558. The van der Waals surface area contributed by atoms with E-state index in [1.54, 1.807) is 6.20 Å². The molecule has 0 radical (unpaired) electrons. The van der Waals surface area contributed by atoms with Crippen molar-refractivity contribution in [2.75, 3.05) is 36.9 Å². The Morgan fingerprint density at radius 3 is 2.61 bits per heavy atom. The van der Waals surface area contributed by atoms with Gasteiger partial charge < -0.3 is 15.5 Å². The molecule has 0 aromatic carbocycles. The van der Waals surface area contributed by atoms with Crippen molar-refractivity contribution in [1.29, 1.82) is 5.41 Å².